The molecule has 0 bridgehead atoms. The number of aromatic nitrogens is 2. The van der Waals surface area contributed by atoms with Gasteiger partial charge in [-0.25, -0.2) is 9.37 Å². The summed E-state index contributed by atoms with van der Waals surface area (Å²) in [6.07, 6.45) is 3.78. The van der Waals surface area contributed by atoms with Crippen molar-refractivity contribution in [2.24, 2.45) is 0 Å². The molecule has 1 N–H and O–H groups in total. The molecule has 4 nitrogen and oxygen atoms in total. The van der Waals surface area contributed by atoms with Crippen molar-refractivity contribution >= 4 is 38.1 Å². The van der Waals surface area contributed by atoms with Crippen molar-refractivity contribution in [3.8, 4) is 0 Å². The maximum Gasteiger partial charge on any atom is 0.252 e. The third kappa shape index (κ3) is 2.59. The van der Waals surface area contributed by atoms with E-state index in [0.717, 1.165) is 10.7 Å². The number of benzene rings is 1. The van der Waals surface area contributed by atoms with Gasteiger partial charge in [-0.1, -0.05) is 0 Å². The van der Waals surface area contributed by atoms with Crippen LogP contribution >= 0.6 is 27.3 Å². The maximum atomic E-state index is 13.0. The molecule has 0 saturated heterocycles. The highest BCUT2D eigenvalue weighted by Crippen LogP contribution is 2.18. The van der Waals surface area contributed by atoms with Crippen LogP contribution in [-0.2, 0) is 6.54 Å². The summed E-state index contributed by atoms with van der Waals surface area (Å²) in [7, 11) is 0. The summed E-state index contributed by atoms with van der Waals surface area (Å²) in [5.41, 5.74) is 1.18. The summed E-state index contributed by atoms with van der Waals surface area (Å²) < 4.78 is 15.3. The lowest BCUT2D eigenvalue weighted by Crippen LogP contribution is -2.23. The summed E-state index contributed by atoms with van der Waals surface area (Å²) in [4.78, 5) is 17.3. The van der Waals surface area contributed by atoms with Gasteiger partial charge in [-0.05, 0) is 34.1 Å². The van der Waals surface area contributed by atoms with Crippen LogP contribution in [0.5, 0.6) is 0 Å². The van der Waals surface area contributed by atoms with Crippen molar-refractivity contribution in [1.82, 2.24) is 14.7 Å². The van der Waals surface area contributed by atoms with Crippen molar-refractivity contribution < 1.29 is 9.18 Å². The number of hydrogen-bond acceptors (Lipinski definition) is 3. The first-order valence-corrected chi connectivity index (χ1v) is 7.45. The fourth-order valence-corrected chi connectivity index (χ4v) is 3.05. The lowest BCUT2D eigenvalue weighted by molar-refractivity contribution is 0.0949. The SMILES string of the molecule is O=C(NCc1cn2ccsc2n1)c1ccc(F)cc1Br. The summed E-state index contributed by atoms with van der Waals surface area (Å²) in [6, 6.07) is 3.97. The van der Waals surface area contributed by atoms with Crippen molar-refractivity contribution in [3.05, 3.63) is 57.5 Å². The minimum Gasteiger partial charge on any atom is -0.346 e. The molecule has 0 fully saturated rings. The highest BCUT2D eigenvalue weighted by Gasteiger charge is 2.11. The fourth-order valence-electron chi connectivity index (χ4n) is 1.80. The van der Waals surface area contributed by atoms with Gasteiger partial charge in [-0.3, -0.25) is 9.20 Å². The molecule has 2 aromatic heterocycles. The van der Waals surface area contributed by atoms with Gasteiger partial charge in [0.25, 0.3) is 5.91 Å². The predicted molar refractivity (Wildman–Crippen MR) is 78.3 cm³/mol. The number of thiazole rings is 1. The maximum absolute atomic E-state index is 13.0. The molecule has 20 heavy (non-hydrogen) atoms. The summed E-state index contributed by atoms with van der Waals surface area (Å²) in [5.74, 6) is -0.656. The number of hydrogen-bond donors (Lipinski definition) is 1. The number of carbonyl (C=O) groups excluding carboxylic acids is 1. The van der Waals surface area contributed by atoms with Gasteiger partial charge in [-0.15, -0.1) is 11.3 Å². The average Bonchev–Trinajstić information content (AvgIpc) is 2.96. The average molecular weight is 354 g/mol. The molecule has 2 heterocycles. The van der Waals surface area contributed by atoms with Crippen molar-refractivity contribution in [2.75, 3.05) is 0 Å². The van der Waals surface area contributed by atoms with E-state index in [2.05, 4.69) is 26.2 Å². The topological polar surface area (TPSA) is 46.4 Å². The molecule has 0 radical (unpaired) electrons. The van der Waals surface area contributed by atoms with Crippen LogP contribution in [-0.4, -0.2) is 15.3 Å². The van der Waals surface area contributed by atoms with E-state index in [1.807, 2.05) is 22.2 Å². The van der Waals surface area contributed by atoms with Gasteiger partial charge in [0, 0.05) is 22.2 Å². The van der Waals surface area contributed by atoms with E-state index in [4.69, 9.17) is 0 Å². The van der Waals surface area contributed by atoms with E-state index < -0.39 is 0 Å². The number of imidazole rings is 1. The van der Waals surface area contributed by atoms with Crippen LogP contribution in [0.25, 0.3) is 4.96 Å². The van der Waals surface area contributed by atoms with Gasteiger partial charge in [0.2, 0.25) is 0 Å². The Morgan fingerprint density at radius 1 is 1.50 bits per heavy atom. The molecule has 3 aromatic rings. The van der Waals surface area contributed by atoms with Crippen LogP contribution in [0.2, 0.25) is 0 Å². The highest BCUT2D eigenvalue weighted by atomic mass is 79.9. The Hall–Kier alpha value is -1.73. The van der Waals surface area contributed by atoms with Crippen LogP contribution in [0.3, 0.4) is 0 Å². The zero-order chi connectivity index (χ0) is 14.1. The number of carbonyl (C=O) groups is 1. The summed E-state index contributed by atoms with van der Waals surface area (Å²) in [6.45, 7) is 0.330. The highest BCUT2D eigenvalue weighted by molar-refractivity contribution is 9.10. The number of amides is 1. The first-order chi connectivity index (χ1) is 9.63. The van der Waals surface area contributed by atoms with Crippen molar-refractivity contribution in [1.29, 1.82) is 0 Å². The summed E-state index contributed by atoms with van der Waals surface area (Å²) in [5, 5.41) is 4.71. The fraction of sp³-hybridized carbons (Fsp3) is 0.0769. The predicted octanol–water partition coefficient (Wildman–Crippen LogP) is 3.23. The second-order valence-corrected chi connectivity index (χ2v) is 5.86. The Bertz CT molecular complexity index is 754. The smallest absolute Gasteiger partial charge is 0.252 e. The Labute approximate surface area is 126 Å². The molecule has 3 rings (SSSR count). The standard InChI is InChI=1S/C13H9BrFN3OS/c14-11-5-8(15)1-2-10(11)12(19)16-6-9-7-18-3-4-20-13(18)17-9/h1-5,7H,6H2,(H,16,19). The number of nitrogens with one attached hydrogen (secondary N) is 1. The monoisotopic (exact) mass is 353 g/mol. The zero-order valence-corrected chi connectivity index (χ0v) is 12.5. The molecule has 102 valence electrons. The number of halogens is 2. The molecule has 0 saturated carbocycles. The molecule has 0 aliphatic heterocycles. The van der Waals surface area contributed by atoms with Gasteiger partial charge in [0.05, 0.1) is 17.8 Å². The third-order valence-electron chi connectivity index (χ3n) is 2.75. The molecule has 0 unspecified atom stereocenters. The molecule has 0 aliphatic carbocycles. The molecule has 0 atom stereocenters. The van der Waals surface area contributed by atoms with Crippen LogP contribution in [0, 0.1) is 5.82 Å². The second-order valence-electron chi connectivity index (χ2n) is 4.13. The largest absolute Gasteiger partial charge is 0.346 e. The zero-order valence-electron chi connectivity index (χ0n) is 10.1. The lowest BCUT2D eigenvalue weighted by atomic mass is 10.2. The Kier molecular flexibility index (Phi) is 3.54. The Balaban J connectivity index is 1.71. The van der Waals surface area contributed by atoms with E-state index in [9.17, 15) is 9.18 Å². The van der Waals surface area contributed by atoms with E-state index in [-0.39, 0.29) is 11.7 Å². The Morgan fingerprint density at radius 3 is 3.10 bits per heavy atom. The van der Waals surface area contributed by atoms with Crippen LogP contribution in [0.15, 0.2) is 40.4 Å². The minimum atomic E-state index is -0.386. The van der Waals surface area contributed by atoms with E-state index in [0.29, 0.717) is 16.6 Å². The van der Waals surface area contributed by atoms with Gasteiger partial charge in [0.15, 0.2) is 4.96 Å². The van der Waals surface area contributed by atoms with Gasteiger partial charge < -0.3 is 5.32 Å². The summed E-state index contributed by atoms with van der Waals surface area (Å²) >= 11 is 4.71. The molecular weight excluding hydrogens is 345 g/mol. The van der Waals surface area contributed by atoms with Crippen LogP contribution in [0.1, 0.15) is 16.1 Å². The minimum absolute atomic E-state index is 0.270. The second kappa shape index (κ2) is 5.34. The molecule has 7 heteroatoms. The van der Waals surface area contributed by atoms with Crippen LogP contribution in [0.4, 0.5) is 4.39 Å². The first-order valence-electron chi connectivity index (χ1n) is 5.78. The van der Waals surface area contributed by atoms with E-state index >= 15 is 0 Å². The van der Waals surface area contributed by atoms with E-state index in [1.54, 1.807) is 0 Å². The molecule has 1 aromatic carbocycles. The quantitative estimate of drug-likeness (QED) is 0.785. The lowest BCUT2D eigenvalue weighted by Gasteiger charge is -2.05. The van der Waals surface area contributed by atoms with Crippen LogP contribution < -0.4 is 5.32 Å². The third-order valence-corrected chi connectivity index (χ3v) is 4.18. The Morgan fingerprint density at radius 2 is 2.35 bits per heavy atom. The van der Waals surface area contributed by atoms with Gasteiger partial charge in [-0.2, -0.15) is 0 Å². The normalized spacial score (nSPS) is 10.9. The van der Waals surface area contributed by atoms with Gasteiger partial charge >= 0.3 is 0 Å². The first kappa shape index (κ1) is 13.3. The number of fused-ring (bicyclic) bond motifs is 1. The van der Waals surface area contributed by atoms with Crippen molar-refractivity contribution in [2.45, 2.75) is 6.54 Å². The number of nitrogens with zero attached hydrogens (tertiary/aromatic N) is 2. The van der Waals surface area contributed by atoms with E-state index in [1.165, 1.54) is 29.5 Å². The number of rotatable bonds is 3. The molecular formula is C13H9BrFN3OS. The van der Waals surface area contributed by atoms with Gasteiger partial charge in [0.1, 0.15) is 5.82 Å². The van der Waals surface area contributed by atoms with Crippen molar-refractivity contribution in [3.63, 3.8) is 0 Å². The molecule has 0 spiro atoms. The molecule has 1 amide bonds. The molecule has 0 aliphatic rings.